The number of nitro benzene ring substituents is 1. The number of rotatable bonds is 6. The highest BCUT2D eigenvalue weighted by molar-refractivity contribution is 6.02. The molecule has 31 heavy (non-hydrogen) atoms. The van der Waals surface area contributed by atoms with Gasteiger partial charge in [0.05, 0.1) is 29.9 Å². The van der Waals surface area contributed by atoms with E-state index < -0.39 is 11.0 Å². The third kappa shape index (κ3) is 4.09. The van der Waals surface area contributed by atoms with Gasteiger partial charge in [-0.15, -0.1) is 0 Å². The van der Waals surface area contributed by atoms with E-state index >= 15 is 0 Å². The lowest BCUT2D eigenvalue weighted by molar-refractivity contribution is -0.384. The van der Waals surface area contributed by atoms with Gasteiger partial charge in [-0.05, 0) is 53.1 Å². The molecular weight excluding hydrogens is 392 g/mol. The van der Waals surface area contributed by atoms with Gasteiger partial charge in [-0.1, -0.05) is 30.3 Å². The first kappa shape index (κ1) is 20.1. The highest BCUT2D eigenvalue weighted by Gasteiger charge is 2.34. The average molecular weight is 412 g/mol. The van der Waals surface area contributed by atoms with Crippen LogP contribution in [0.25, 0.3) is 0 Å². The van der Waals surface area contributed by atoms with Crippen molar-refractivity contribution in [2.45, 2.75) is 18.5 Å². The fraction of sp³-hybridized carbons (Fsp3) is 0.167. The van der Waals surface area contributed by atoms with Crippen LogP contribution in [0, 0.1) is 21.4 Å². The molecule has 0 fully saturated rings. The van der Waals surface area contributed by atoms with Crippen LogP contribution in [-0.4, -0.2) is 22.8 Å². The fourth-order valence-electron chi connectivity index (χ4n) is 3.73. The summed E-state index contributed by atoms with van der Waals surface area (Å²) in [6.45, 7) is 0. The van der Waals surface area contributed by atoms with E-state index in [9.17, 15) is 15.4 Å². The van der Waals surface area contributed by atoms with Crippen molar-refractivity contribution in [2.75, 3.05) is 7.11 Å². The Balaban J connectivity index is 1.72. The standard InChI is InChI=1S/C24H20N4O3/c1-31-21-13-9-17(10-14-21)22-15-23(18-5-3-2-4-6-18)27(26-22)24(16-25)19-7-11-20(12-8-19)28(29)30/h2-14,23-24H,15H2,1H3/t23-,24-/m0/s1. The lowest BCUT2D eigenvalue weighted by Gasteiger charge is -2.28. The molecule has 0 N–H and O–H groups in total. The summed E-state index contributed by atoms with van der Waals surface area (Å²) in [6.07, 6.45) is 0.640. The monoisotopic (exact) mass is 412 g/mol. The van der Waals surface area contributed by atoms with Gasteiger partial charge in [0.2, 0.25) is 0 Å². The molecule has 1 aliphatic rings. The second-order valence-corrected chi connectivity index (χ2v) is 7.17. The maximum atomic E-state index is 11.0. The highest BCUT2D eigenvalue weighted by atomic mass is 16.6. The molecule has 7 heteroatoms. The Bertz CT molecular complexity index is 1140. The van der Waals surface area contributed by atoms with Crippen LogP contribution in [0.3, 0.4) is 0 Å². The van der Waals surface area contributed by atoms with E-state index in [0.29, 0.717) is 12.0 Å². The van der Waals surface area contributed by atoms with E-state index in [1.807, 2.05) is 54.6 Å². The van der Waals surface area contributed by atoms with Gasteiger partial charge in [0, 0.05) is 18.6 Å². The maximum Gasteiger partial charge on any atom is 0.269 e. The minimum Gasteiger partial charge on any atom is -0.497 e. The number of non-ortho nitro benzene ring substituents is 1. The molecule has 0 amide bonds. The molecule has 0 saturated heterocycles. The van der Waals surface area contributed by atoms with Crippen molar-refractivity contribution < 1.29 is 9.66 Å². The maximum absolute atomic E-state index is 11.0. The lowest BCUT2D eigenvalue weighted by Crippen LogP contribution is -2.24. The van der Waals surface area contributed by atoms with E-state index in [2.05, 4.69) is 6.07 Å². The van der Waals surface area contributed by atoms with Crippen molar-refractivity contribution in [1.29, 1.82) is 5.26 Å². The normalized spacial score (nSPS) is 16.3. The Labute approximate surface area is 180 Å². The van der Waals surface area contributed by atoms with Crippen LogP contribution in [0.2, 0.25) is 0 Å². The molecule has 2 atom stereocenters. The first-order valence-corrected chi connectivity index (χ1v) is 9.80. The first-order chi connectivity index (χ1) is 15.1. The minimum absolute atomic E-state index is 0.0103. The molecule has 0 aromatic heterocycles. The van der Waals surface area contributed by atoms with E-state index in [1.54, 1.807) is 24.3 Å². The van der Waals surface area contributed by atoms with Crippen LogP contribution in [0.5, 0.6) is 5.75 Å². The summed E-state index contributed by atoms with van der Waals surface area (Å²) in [5.41, 5.74) is 3.54. The Morgan fingerprint density at radius 3 is 2.35 bits per heavy atom. The second kappa shape index (κ2) is 8.67. The van der Waals surface area contributed by atoms with Gasteiger partial charge in [-0.25, -0.2) is 0 Å². The zero-order chi connectivity index (χ0) is 21.8. The van der Waals surface area contributed by atoms with Gasteiger partial charge in [-0.2, -0.15) is 10.4 Å². The fourth-order valence-corrected chi connectivity index (χ4v) is 3.73. The number of nitro groups is 1. The second-order valence-electron chi connectivity index (χ2n) is 7.17. The average Bonchev–Trinajstić information content (AvgIpc) is 3.25. The number of ether oxygens (including phenoxy) is 1. The molecular formula is C24H20N4O3. The summed E-state index contributed by atoms with van der Waals surface area (Å²) in [5.74, 6) is 0.764. The van der Waals surface area contributed by atoms with Crippen LogP contribution < -0.4 is 4.74 Å². The van der Waals surface area contributed by atoms with Gasteiger partial charge in [0.15, 0.2) is 6.04 Å². The number of benzene rings is 3. The zero-order valence-electron chi connectivity index (χ0n) is 16.9. The van der Waals surface area contributed by atoms with E-state index in [4.69, 9.17) is 9.84 Å². The highest BCUT2D eigenvalue weighted by Crippen LogP contribution is 2.39. The Morgan fingerprint density at radius 1 is 1.10 bits per heavy atom. The SMILES string of the molecule is COc1ccc(C2=NN([C@@H](C#N)c3ccc([N+](=O)[O-])cc3)[C@H](c3ccccc3)C2)cc1. The summed E-state index contributed by atoms with van der Waals surface area (Å²) in [5, 5.41) is 27.6. The summed E-state index contributed by atoms with van der Waals surface area (Å²) in [4.78, 5) is 10.5. The molecule has 1 aliphatic heterocycles. The van der Waals surface area contributed by atoms with Crippen LogP contribution in [0.1, 0.15) is 35.2 Å². The van der Waals surface area contributed by atoms with Gasteiger partial charge < -0.3 is 4.74 Å². The van der Waals surface area contributed by atoms with Crippen molar-refractivity contribution in [3.8, 4) is 11.8 Å². The molecule has 4 rings (SSSR count). The molecule has 154 valence electrons. The van der Waals surface area contributed by atoms with Crippen LogP contribution >= 0.6 is 0 Å². The molecule has 0 saturated carbocycles. The first-order valence-electron chi connectivity index (χ1n) is 9.80. The van der Waals surface area contributed by atoms with E-state index in [-0.39, 0.29) is 11.7 Å². The van der Waals surface area contributed by atoms with Crippen molar-refractivity contribution in [3.63, 3.8) is 0 Å². The van der Waals surface area contributed by atoms with Gasteiger partial charge in [-0.3, -0.25) is 15.1 Å². The number of methoxy groups -OCH3 is 1. The van der Waals surface area contributed by atoms with Gasteiger partial charge in [0.25, 0.3) is 5.69 Å². The van der Waals surface area contributed by atoms with Crippen LogP contribution in [0.4, 0.5) is 5.69 Å². The smallest absolute Gasteiger partial charge is 0.269 e. The molecule has 3 aromatic rings. The van der Waals surface area contributed by atoms with E-state index in [0.717, 1.165) is 22.6 Å². The van der Waals surface area contributed by atoms with Gasteiger partial charge in [0.1, 0.15) is 5.75 Å². The number of hydrazone groups is 1. The molecule has 1 heterocycles. The largest absolute Gasteiger partial charge is 0.497 e. The third-order valence-electron chi connectivity index (χ3n) is 5.36. The van der Waals surface area contributed by atoms with Crippen molar-refractivity contribution in [2.24, 2.45) is 5.10 Å². The Hall–Kier alpha value is -4.18. The predicted octanol–water partition coefficient (Wildman–Crippen LogP) is 5.02. The predicted molar refractivity (Wildman–Crippen MR) is 117 cm³/mol. The number of nitrogens with zero attached hydrogens (tertiary/aromatic N) is 4. The van der Waals surface area contributed by atoms with E-state index in [1.165, 1.54) is 12.1 Å². The summed E-state index contributed by atoms with van der Waals surface area (Å²) >= 11 is 0. The van der Waals surface area contributed by atoms with Crippen molar-refractivity contribution in [1.82, 2.24) is 5.01 Å². The molecule has 3 aromatic carbocycles. The molecule has 0 bridgehead atoms. The molecule has 0 aliphatic carbocycles. The number of hydrogen-bond acceptors (Lipinski definition) is 6. The Morgan fingerprint density at radius 2 is 1.77 bits per heavy atom. The van der Waals surface area contributed by atoms with Crippen LogP contribution in [-0.2, 0) is 0 Å². The molecule has 0 unspecified atom stereocenters. The number of nitriles is 1. The number of hydrogen-bond donors (Lipinski definition) is 0. The summed E-state index contributed by atoms with van der Waals surface area (Å²) < 4.78 is 5.24. The molecule has 0 spiro atoms. The topological polar surface area (TPSA) is 91.8 Å². The summed E-state index contributed by atoms with van der Waals surface area (Å²) in [7, 11) is 1.62. The summed E-state index contributed by atoms with van der Waals surface area (Å²) in [6, 6.07) is 25.2. The zero-order valence-corrected chi connectivity index (χ0v) is 16.9. The van der Waals surface area contributed by atoms with Crippen molar-refractivity contribution >= 4 is 11.4 Å². The lowest BCUT2D eigenvalue weighted by atomic mass is 9.97. The Kier molecular flexibility index (Phi) is 5.63. The van der Waals surface area contributed by atoms with Crippen molar-refractivity contribution in [3.05, 3.63) is 106 Å². The molecule has 0 radical (unpaired) electrons. The van der Waals surface area contributed by atoms with Gasteiger partial charge >= 0.3 is 0 Å². The van der Waals surface area contributed by atoms with Crippen LogP contribution in [0.15, 0.2) is 84.0 Å². The minimum atomic E-state index is -0.679. The quantitative estimate of drug-likeness (QED) is 0.419. The third-order valence-corrected chi connectivity index (χ3v) is 5.36. The molecule has 7 nitrogen and oxygen atoms in total.